The second kappa shape index (κ2) is 38.7. The van der Waals surface area contributed by atoms with Gasteiger partial charge in [0, 0.05) is 89.6 Å². The summed E-state index contributed by atoms with van der Waals surface area (Å²) in [5, 5.41) is 23.9. The first-order valence-corrected chi connectivity index (χ1v) is 34.2. The Morgan fingerprint density at radius 2 is 0.877 bits per heavy atom. The number of nitrogens with one attached hydrogen (secondary N) is 7. The Hall–Kier alpha value is -0.530. The van der Waals surface area contributed by atoms with Gasteiger partial charge in [-0.15, -0.1) is 0 Å². The van der Waals surface area contributed by atoms with Gasteiger partial charge < -0.3 is 42.1 Å². The molecule has 0 aromatic rings. The number of nitrogens with zero attached hydrogens (tertiary/aromatic N) is 1. The molecule has 81 heavy (non-hydrogen) atoms. The van der Waals surface area contributed by atoms with Gasteiger partial charge in [0.15, 0.2) is 0 Å². The molecule has 7 atom stereocenters. The topological polar surface area (TPSA) is 87.5 Å². The molecule has 0 heterocycles. The quantitative estimate of drug-likeness (QED) is 0.0776. The van der Waals surface area contributed by atoms with E-state index in [0.717, 1.165) is 67.7 Å². The highest BCUT2D eigenvalue weighted by atomic mass is 19.4. The highest BCUT2D eigenvalue weighted by molar-refractivity contribution is 4.96. The van der Waals surface area contributed by atoms with E-state index in [-0.39, 0.29) is 11.6 Å². The standard InChI is InChI=1S/2C10H19N.C10H21N.2C9H21N.C8H17N.C7H14F3N.C7H15N/c2*1-7(2)11-10-6-8-3-4-9(10)5-8;1-9(2)11-10(3)7-5-4-6-8-10;1-7(2)10-8(3)9(4,5)6;1-7(2)9(5,6)10-8(3)4;1-7(2)9(3)8-5-4-6-8;1-5(2)11-6(3,4)7(8,9)10;1-6(2)8-7-4-3-5-7/h2*7-11H,3-6H2,1-2H3;9,11H,4-8H2,1-3H3;2*7-8,10H,1-6H3;7-8H,4-6H2,1-3H3;5,11H,1-4H3;6-8H,3-5H2,1-2H3. The average molecular weight is 1160 g/mol. The van der Waals surface area contributed by atoms with Crippen LogP contribution in [0.15, 0.2) is 0 Å². The van der Waals surface area contributed by atoms with Gasteiger partial charge in [0.1, 0.15) is 5.54 Å². The van der Waals surface area contributed by atoms with Gasteiger partial charge in [-0.1, -0.05) is 176 Å². The Balaban J connectivity index is 0.000000905. The summed E-state index contributed by atoms with van der Waals surface area (Å²) in [7, 11) is 2.23. The van der Waals surface area contributed by atoms with Crippen molar-refractivity contribution in [1.82, 2.24) is 42.1 Å². The minimum atomic E-state index is -4.18. The van der Waals surface area contributed by atoms with Crippen molar-refractivity contribution in [1.29, 1.82) is 0 Å². The molecule has 7 fully saturated rings. The monoisotopic (exact) mass is 1160 g/mol. The molecule has 7 aliphatic rings. The zero-order chi connectivity index (χ0) is 62.9. The van der Waals surface area contributed by atoms with Crippen LogP contribution in [-0.4, -0.2) is 113 Å². The molecule has 488 valence electrons. The van der Waals surface area contributed by atoms with Gasteiger partial charge in [0.2, 0.25) is 0 Å². The molecule has 11 heteroatoms. The van der Waals surface area contributed by atoms with E-state index in [0.29, 0.717) is 59.2 Å². The summed E-state index contributed by atoms with van der Waals surface area (Å²) in [5.41, 5.74) is -0.688. The van der Waals surface area contributed by atoms with E-state index in [4.69, 9.17) is 0 Å². The number of fused-ring (bicyclic) bond motifs is 4. The van der Waals surface area contributed by atoms with Crippen molar-refractivity contribution in [3.8, 4) is 0 Å². The van der Waals surface area contributed by atoms with Crippen LogP contribution in [0.25, 0.3) is 0 Å². The van der Waals surface area contributed by atoms with E-state index in [9.17, 15) is 13.2 Å². The second-order valence-corrected chi connectivity index (χ2v) is 31.9. The van der Waals surface area contributed by atoms with Crippen LogP contribution in [0.5, 0.6) is 0 Å². The molecular weight excluding hydrogens is 1010 g/mol. The lowest BCUT2D eigenvalue weighted by Gasteiger charge is -2.37. The molecule has 0 aromatic carbocycles. The zero-order valence-corrected chi connectivity index (χ0v) is 59.4. The van der Waals surface area contributed by atoms with E-state index in [1.165, 1.54) is 122 Å². The molecule has 0 radical (unpaired) electrons. The molecule has 0 aliphatic heterocycles. The van der Waals surface area contributed by atoms with Crippen LogP contribution in [0.4, 0.5) is 13.2 Å². The summed E-state index contributed by atoms with van der Waals surface area (Å²) in [6.45, 7) is 57.2. The van der Waals surface area contributed by atoms with Crippen LogP contribution in [0.1, 0.15) is 309 Å². The van der Waals surface area contributed by atoms with Crippen LogP contribution in [-0.2, 0) is 0 Å². The maximum atomic E-state index is 12.1. The van der Waals surface area contributed by atoms with Gasteiger partial charge in [0.25, 0.3) is 0 Å². The maximum Gasteiger partial charge on any atom is 0.406 e. The lowest BCUT2D eigenvalue weighted by atomic mass is 9.83. The lowest BCUT2D eigenvalue weighted by molar-refractivity contribution is -0.187. The molecule has 7 saturated carbocycles. The van der Waals surface area contributed by atoms with E-state index >= 15 is 0 Å². The Bertz CT molecular complexity index is 1500. The van der Waals surface area contributed by atoms with Crippen molar-refractivity contribution < 1.29 is 13.2 Å². The van der Waals surface area contributed by atoms with Gasteiger partial charge in [-0.05, 0) is 174 Å². The normalized spacial score (nSPS) is 24.7. The third-order valence-corrected chi connectivity index (χ3v) is 18.6. The average Bonchev–Trinajstić information content (AvgIpc) is 4.08. The molecule has 0 amide bonds. The Labute approximate surface area is 505 Å². The predicted molar refractivity (Wildman–Crippen MR) is 354 cm³/mol. The lowest BCUT2D eigenvalue weighted by Crippen LogP contribution is -2.54. The summed E-state index contributed by atoms with van der Waals surface area (Å²) >= 11 is 0. The molecule has 7 N–H and O–H groups in total. The minimum absolute atomic E-state index is 0.161. The zero-order valence-electron chi connectivity index (χ0n) is 59.4. The largest absolute Gasteiger partial charge is 0.406 e. The van der Waals surface area contributed by atoms with Gasteiger partial charge >= 0.3 is 6.18 Å². The summed E-state index contributed by atoms with van der Waals surface area (Å²) in [5.74, 6) is 4.91. The fourth-order valence-electron chi connectivity index (χ4n) is 12.7. The fourth-order valence-corrected chi connectivity index (χ4v) is 12.7. The van der Waals surface area contributed by atoms with Gasteiger partial charge in [-0.25, -0.2) is 0 Å². The number of hydrogen-bond acceptors (Lipinski definition) is 8. The van der Waals surface area contributed by atoms with Crippen LogP contribution in [0.3, 0.4) is 0 Å². The molecule has 0 aromatic heterocycles. The second-order valence-electron chi connectivity index (χ2n) is 31.9. The van der Waals surface area contributed by atoms with E-state index in [2.05, 4.69) is 208 Å². The van der Waals surface area contributed by atoms with Crippen molar-refractivity contribution in [3.05, 3.63) is 0 Å². The Kier molecular flexibility index (Phi) is 38.4. The molecule has 4 bridgehead atoms. The third kappa shape index (κ3) is 35.8. The first kappa shape index (κ1) is 80.5. The minimum Gasteiger partial charge on any atom is -0.312 e. The maximum absolute atomic E-state index is 12.1. The van der Waals surface area contributed by atoms with Gasteiger partial charge in [-0.3, -0.25) is 0 Å². The number of hydrogen-bond donors (Lipinski definition) is 7. The summed E-state index contributed by atoms with van der Waals surface area (Å²) in [4.78, 5) is 2.48. The van der Waals surface area contributed by atoms with Crippen LogP contribution >= 0.6 is 0 Å². The van der Waals surface area contributed by atoms with Crippen molar-refractivity contribution in [2.45, 2.75) is 410 Å². The Morgan fingerprint density at radius 1 is 0.457 bits per heavy atom. The van der Waals surface area contributed by atoms with E-state index < -0.39 is 11.7 Å². The van der Waals surface area contributed by atoms with E-state index in [1.807, 2.05) is 0 Å². The van der Waals surface area contributed by atoms with Crippen LogP contribution in [0, 0.1) is 35.0 Å². The van der Waals surface area contributed by atoms with Crippen molar-refractivity contribution in [2.75, 3.05) is 7.05 Å². The molecular formula is C70H147F3N8. The van der Waals surface area contributed by atoms with E-state index in [1.54, 1.807) is 13.8 Å². The number of halogens is 3. The van der Waals surface area contributed by atoms with Gasteiger partial charge in [-0.2, -0.15) is 13.2 Å². The first-order valence-electron chi connectivity index (χ1n) is 34.2. The third-order valence-electron chi connectivity index (χ3n) is 18.6. The molecule has 7 unspecified atom stereocenters. The van der Waals surface area contributed by atoms with Gasteiger partial charge in [0.05, 0.1) is 0 Å². The fraction of sp³-hybridized carbons (Fsp3) is 1.00. The predicted octanol–water partition coefficient (Wildman–Crippen LogP) is 17.6. The SMILES string of the molecule is CC(C)N(C)C1CCC1.CC(C)NC(C)(C)C(C)C.CC(C)NC(C)(C)C(F)(F)F.CC(C)NC(C)C(C)(C)C.CC(C)NC1(C)CCCCC1.CC(C)NC1CC2CCC1C2.CC(C)NC1CC2CCC1C2.CC(C)NC1CCC1. The smallest absolute Gasteiger partial charge is 0.312 e. The highest BCUT2D eigenvalue weighted by Crippen LogP contribution is 2.45. The molecule has 7 rings (SSSR count). The van der Waals surface area contributed by atoms with Crippen LogP contribution in [0.2, 0.25) is 0 Å². The number of rotatable bonds is 17. The van der Waals surface area contributed by atoms with Crippen LogP contribution < -0.4 is 37.2 Å². The van der Waals surface area contributed by atoms with Crippen molar-refractivity contribution >= 4 is 0 Å². The number of alkyl halides is 3. The molecule has 7 aliphatic carbocycles. The summed E-state index contributed by atoms with van der Waals surface area (Å²) < 4.78 is 36.4. The molecule has 8 nitrogen and oxygen atoms in total. The first-order chi connectivity index (χ1) is 37.0. The van der Waals surface area contributed by atoms with Crippen molar-refractivity contribution in [3.63, 3.8) is 0 Å². The highest BCUT2D eigenvalue weighted by Gasteiger charge is 2.47. The summed E-state index contributed by atoms with van der Waals surface area (Å²) in [6, 6.07) is 8.51. The summed E-state index contributed by atoms with van der Waals surface area (Å²) in [6.07, 6.45) is 23.3. The molecule has 0 saturated heterocycles. The van der Waals surface area contributed by atoms with Crippen molar-refractivity contribution in [2.24, 2.45) is 35.0 Å². The Morgan fingerprint density at radius 3 is 1.06 bits per heavy atom. The molecule has 0 spiro atoms.